The van der Waals surface area contributed by atoms with Gasteiger partial charge in [-0.25, -0.2) is 4.79 Å². The maximum Gasteiger partial charge on any atom is 0.338 e. The van der Waals surface area contributed by atoms with Gasteiger partial charge in [-0.15, -0.1) is 0 Å². The first-order chi connectivity index (χ1) is 12.8. The van der Waals surface area contributed by atoms with Gasteiger partial charge in [-0.1, -0.05) is 11.6 Å². The Morgan fingerprint density at radius 3 is 2.30 bits per heavy atom. The number of nitrogens with zero attached hydrogens (tertiary/aromatic N) is 1. The molecule has 27 heavy (non-hydrogen) atoms. The van der Waals surface area contributed by atoms with E-state index in [4.69, 9.17) is 25.8 Å². The van der Waals surface area contributed by atoms with Crippen molar-refractivity contribution < 1.29 is 23.8 Å². The van der Waals surface area contributed by atoms with Crippen molar-refractivity contribution in [1.29, 1.82) is 0 Å². The Kier molecular flexibility index (Phi) is 6.90. The first kappa shape index (κ1) is 20.4. The van der Waals surface area contributed by atoms with Crippen LogP contribution in [0.15, 0.2) is 36.4 Å². The summed E-state index contributed by atoms with van der Waals surface area (Å²) in [5.41, 5.74) is 1.77. The van der Waals surface area contributed by atoms with Gasteiger partial charge in [0, 0.05) is 25.5 Å². The minimum Gasteiger partial charge on any atom is -0.493 e. The molecule has 8 heteroatoms. The van der Waals surface area contributed by atoms with E-state index in [0.717, 1.165) is 5.69 Å². The summed E-state index contributed by atoms with van der Waals surface area (Å²) in [6.45, 7) is -0.430. The summed E-state index contributed by atoms with van der Waals surface area (Å²) in [5.74, 6) is -0.541. The molecule has 0 aromatic heterocycles. The second kappa shape index (κ2) is 9.14. The van der Waals surface area contributed by atoms with Crippen LogP contribution in [0.2, 0.25) is 5.02 Å². The highest BCUT2D eigenvalue weighted by Gasteiger charge is 2.17. The van der Waals surface area contributed by atoms with Crippen molar-refractivity contribution in [2.24, 2.45) is 0 Å². The molecule has 2 rings (SSSR count). The molecule has 0 atom stereocenters. The number of carbonyl (C=O) groups excluding carboxylic acids is 2. The molecular formula is C19H21ClN2O5. The number of halogens is 1. The minimum absolute atomic E-state index is 0.154. The number of nitrogens with one attached hydrogen (secondary N) is 1. The molecule has 0 fully saturated rings. The lowest BCUT2D eigenvalue weighted by Crippen LogP contribution is -2.21. The monoisotopic (exact) mass is 392 g/mol. The number of amides is 1. The van der Waals surface area contributed by atoms with Crippen LogP contribution in [-0.4, -0.2) is 46.8 Å². The molecule has 0 saturated heterocycles. The first-order valence-corrected chi connectivity index (χ1v) is 8.39. The predicted molar refractivity (Wildman–Crippen MR) is 104 cm³/mol. The second-order valence-electron chi connectivity index (χ2n) is 5.76. The fourth-order valence-electron chi connectivity index (χ4n) is 2.29. The molecule has 0 aliphatic heterocycles. The van der Waals surface area contributed by atoms with Crippen molar-refractivity contribution in [3.63, 3.8) is 0 Å². The largest absolute Gasteiger partial charge is 0.493 e. The molecule has 0 bridgehead atoms. The van der Waals surface area contributed by atoms with Crippen LogP contribution in [0.25, 0.3) is 0 Å². The van der Waals surface area contributed by atoms with E-state index in [2.05, 4.69) is 5.32 Å². The molecule has 0 radical (unpaired) electrons. The van der Waals surface area contributed by atoms with E-state index in [-0.39, 0.29) is 10.6 Å². The van der Waals surface area contributed by atoms with Gasteiger partial charge < -0.3 is 24.4 Å². The molecule has 0 spiro atoms. The minimum atomic E-state index is -0.698. The van der Waals surface area contributed by atoms with Crippen molar-refractivity contribution in [1.82, 2.24) is 0 Å². The van der Waals surface area contributed by atoms with E-state index >= 15 is 0 Å². The van der Waals surface area contributed by atoms with Crippen molar-refractivity contribution in [2.45, 2.75) is 0 Å². The zero-order valence-electron chi connectivity index (χ0n) is 15.5. The summed E-state index contributed by atoms with van der Waals surface area (Å²) in [4.78, 5) is 26.1. The van der Waals surface area contributed by atoms with E-state index in [1.54, 1.807) is 12.1 Å². The summed E-state index contributed by atoms with van der Waals surface area (Å²) in [6.07, 6.45) is 0. The first-order valence-electron chi connectivity index (χ1n) is 8.01. The molecule has 0 aliphatic carbocycles. The average molecular weight is 393 g/mol. The Hall–Kier alpha value is -2.93. The van der Waals surface area contributed by atoms with Crippen molar-refractivity contribution >= 4 is 34.9 Å². The zero-order valence-corrected chi connectivity index (χ0v) is 16.3. The standard InChI is InChI=1S/C19H21ClN2O5/c1-22(2)14-7-5-13(6-8-14)21-17(23)11-27-19(24)12-9-15(20)18(26-4)16(10-12)25-3/h5-10H,11H2,1-4H3,(H,21,23). The number of benzene rings is 2. The molecule has 7 nitrogen and oxygen atoms in total. The lowest BCUT2D eigenvalue weighted by atomic mass is 10.2. The number of ether oxygens (including phenoxy) is 3. The number of rotatable bonds is 7. The summed E-state index contributed by atoms with van der Waals surface area (Å²) >= 11 is 6.07. The van der Waals surface area contributed by atoms with E-state index in [1.165, 1.54) is 26.4 Å². The van der Waals surface area contributed by atoms with Gasteiger partial charge in [0.1, 0.15) is 0 Å². The highest BCUT2D eigenvalue weighted by atomic mass is 35.5. The van der Waals surface area contributed by atoms with E-state index in [9.17, 15) is 9.59 Å². The fraction of sp³-hybridized carbons (Fsp3) is 0.263. The lowest BCUT2D eigenvalue weighted by molar-refractivity contribution is -0.119. The average Bonchev–Trinajstić information content (AvgIpc) is 2.65. The van der Waals surface area contributed by atoms with Crippen molar-refractivity contribution in [3.05, 3.63) is 47.0 Å². The van der Waals surface area contributed by atoms with Gasteiger partial charge in [0.2, 0.25) is 0 Å². The van der Waals surface area contributed by atoms with E-state index < -0.39 is 18.5 Å². The summed E-state index contributed by atoms with van der Waals surface area (Å²) in [5, 5.41) is 2.86. The molecular weight excluding hydrogens is 372 g/mol. The van der Waals surface area contributed by atoms with Crippen LogP contribution >= 0.6 is 11.6 Å². The summed E-state index contributed by atoms with van der Waals surface area (Å²) in [7, 11) is 6.72. The number of hydrogen-bond acceptors (Lipinski definition) is 6. The number of esters is 1. The number of methoxy groups -OCH3 is 2. The summed E-state index contributed by atoms with van der Waals surface area (Å²) in [6, 6.07) is 10.1. The highest BCUT2D eigenvalue weighted by molar-refractivity contribution is 6.32. The Morgan fingerprint density at radius 1 is 1.07 bits per heavy atom. The Bertz CT molecular complexity index is 822. The van der Waals surface area contributed by atoms with Gasteiger partial charge in [0.25, 0.3) is 5.91 Å². The molecule has 0 aliphatic rings. The van der Waals surface area contributed by atoms with E-state index in [1.807, 2.05) is 31.1 Å². The third-order valence-corrected chi connectivity index (χ3v) is 3.95. The highest BCUT2D eigenvalue weighted by Crippen LogP contribution is 2.36. The second-order valence-corrected chi connectivity index (χ2v) is 6.17. The van der Waals surface area contributed by atoms with E-state index in [0.29, 0.717) is 17.2 Å². The maximum atomic E-state index is 12.2. The Morgan fingerprint density at radius 2 is 1.74 bits per heavy atom. The van der Waals surface area contributed by atoms with Gasteiger partial charge in [-0.3, -0.25) is 4.79 Å². The van der Waals surface area contributed by atoms with Crippen LogP contribution in [0.1, 0.15) is 10.4 Å². The van der Waals surface area contributed by atoms with Gasteiger partial charge in [0.15, 0.2) is 18.1 Å². The van der Waals surface area contributed by atoms with Crippen molar-refractivity contribution in [3.8, 4) is 11.5 Å². The van der Waals surface area contributed by atoms with Gasteiger partial charge in [-0.05, 0) is 36.4 Å². The molecule has 2 aromatic rings. The molecule has 1 amide bonds. The number of hydrogen-bond donors (Lipinski definition) is 1. The topological polar surface area (TPSA) is 77.1 Å². The van der Waals surface area contributed by atoms with Crippen molar-refractivity contribution in [2.75, 3.05) is 45.1 Å². The molecule has 0 saturated carbocycles. The van der Waals surface area contributed by atoms with Crippen LogP contribution in [0, 0.1) is 0 Å². The normalized spacial score (nSPS) is 10.1. The third-order valence-electron chi connectivity index (χ3n) is 3.67. The van der Waals surface area contributed by atoms with Gasteiger partial charge >= 0.3 is 5.97 Å². The van der Waals surface area contributed by atoms with Crippen LogP contribution in [0.4, 0.5) is 11.4 Å². The smallest absolute Gasteiger partial charge is 0.338 e. The lowest BCUT2D eigenvalue weighted by Gasteiger charge is -2.13. The summed E-state index contributed by atoms with van der Waals surface area (Å²) < 4.78 is 15.3. The Labute approximate surface area is 162 Å². The SMILES string of the molecule is COc1cc(C(=O)OCC(=O)Nc2ccc(N(C)C)cc2)cc(Cl)c1OC. The van der Waals surface area contributed by atoms with Crippen LogP contribution < -0.4 is 19.7 Å². The number of anilines is 2. The quantitative estimate of drug-likeness (QED) is 0.729. The molecule has 0 heterocycles. The molecule has 144 valence electrons. The van der Waals surface area contributed by atoms with Gasteiger partial charge in [0.05, 0.1) is 24.8 Å². The third kappa shape index (κ3) is 5.27. The molecule has 0 unspecified atom stereocenters. The maximum absolute atomic E-state index is 12.2. The Balaban J connectivity index is 1.96. The number of carbonyl (C=O) groups is 2. The van der Waals surface area contributed by atoms with Crippen LogP contribution in [0.5, 0.6) is 11.5 Å². The molecule has 2 aromatic carbocycles. The van der Waals surface area contributed by atoms with Crippen LogP contribution in [0.3, 0.4) is 0 Å². The van der Waals surface area contributed by atoms with Crippen LogP contribution in [-0.2, 0) is 9.53 Å². The van der Waals surface area contributed by atoms with Gasteiger partial charge in [-0.2, -0.15) is 0 Å². The fourth-order valence-corrected chi connectivity index (χ4v) is 2.58. The molecule has 1 N–H and O–H groups in total. The predicted octanol–water partition coefficient (Wildman–Crippen LogP) is 3.22. The zero-order chi connectivity index (χ0) is 20.0.